The standard InChI is InChI=1S/C18H22N4O2/c1-2-17-14-21(10-11-24-17)18(23)9-8-16-13-22(20-19-16)12-15-6-4-3-5-7-15/h3-9,13,17H,2,10-12,14H2,1H3/b9-8+. The van der Waals surface area contributed by atoms with Gasteiger partial charge in [-0.2, -0.15) is 0 Å². The van der Waals surface area contributed by atoms with Crippen molar-refractivity contribution in [3.63, 3.8) is 0 Å². The lowest BCUT2D eigenvalue weighted by Gasteiger charge is -2.31. The van der Waals surface area contributed by atoms with Gasteiger partial charge in [-0.25, -0.2) is 4.68 Å². The van der Waals surface area contributed by atoms with Crippen molar-refractivity contribution in [2.45, 2.75) is 26.0 Å². The molecule has 1 aromatic heterocycles. The third-order valence-electron chi connectivity index (χ3n) is 4.05. The summed E-state index contributed by atoms with van der Waals surface area (Å²) in [5.41, 5.74) is 1.84. The van der Waals surface area contributed by atoms with Crippen LogP contribution in [0.1, 0.15) is 24.6 Å². The number of nitrogens with zero attached hydrogens (tertiary/aromatic N) is 4. The predicted molar refractivity (Wildman–Crippen MR) is 91.2 cm³/mol. The second-order valence-corrected chi connectivity index (χ2v) is 5.85. The molecule has 2 heterocycles. The van der Waals surface area contributed by atoms with Crippen LogP contribution in [0.5, 0.6) is 0 Å². The minimum Gasteiger partial charge on any atom is -0.375 e. The average molecular weight is 326 g/mol. The molecule has 3 rings (SSSR count). The van der Waals surface area contributed by atoms with Gasteiger partial charge in [0.05, 0.1) is 25.5 Å². The van der Waals surface area contributed by atoms with E-state index in [-0.39, 0.29) is 12.0 Å². The van der Waals surface area contributed by atoms with Gasteiger partial charge in [0.1, 0.15) is 5.69 Å². The van der Waals surface area contributed by atoms with Crippen LogP contribution >= 0.6 is 0 Å². The molecule has 1 fully saturated rings. The first-order valence-electron chi connectivity index (χ1n) is 8.27. The van der Waals surface area contributed by atoms with Gasteiger partial charge in [-0.05, 0) is 18.1 Å². The summed E-state index contributed by atoms with van der Waals surface area (Å²) in [4.78, 5) is 14.1. The topological polar surface area (TPSA) is 60.2 Å². The molecule has 1 amide bonds. The summed E-state index contributed by atoms with van der Waals surface area (Å²) < 4.78 is 7.35. The van der Waals surface area contributed by atoms with Crippen LogP contribution in [0.2, 0.25) is 0 Å². The molecule has 1 aromatic carbocycles. The first kappa shape index (κ1) is 16.4. The Morgan fingerprint density at radius 3 is 3.00 bits per heavy atom. The van der Waals surface area contributed by atoms with Crippen molar-refractivity contribution in [2.75, 3.05) is 19.7 Å². The molecule has 0 N–H and O–H groups in total. The maximum Gasteiger partial charge on any atom is 0.246 e. The van der Waals surface area contributed by atoms with Gasteiger partial charge in [0, 0.05) is 19.2 Å². The number of amides is 1. The normalized spacial score (nSPS) is 18.2. The zero-order valence-corrected chi connectivity index (χ0v) is 13.8. The molecule has 1 atom stereocenters. The molecule has 126 valence electrons. The Kier molecular flexibility index (Phi) is 5.38. The lowest BCUT2D eigenvalue weighted by molar-refractivity contribution is -0.133. The summed E-state index contributed by atoms with van der Waals surface area (Å²) >= 11 is 0. The Labute approximate surface area is 141 Å². The summed E-state index contributed by atoms with van der Waals surface area (Å²) in [7, 11) is 0. The van der Waals surface area contributed by atoms with Crippen molar-refractivity contribution in [2.24, 2.45) is 0 Å². The SMILES string of the molecule is CCC1CN(C(=O)/C=C/c2cn(Cc3ccccc3)nn2)CCO1. The molecule has 0 saturated carbocycles. The number of benzene rings is 1. The molecule has 24 heavy (non-hydrogen) atoms. The van der Waals surface area contributed by atoms with Gasteiger partial charge in [0.2, 0.25) is 5.91 Å². The zero-order chi connectivity index (χ0) is 16.8. The largest absolute Gasteiger partial charge is 0.375 e. The number of morpholine rings is 1. The minimum absolute atomic E-state index is 0.00522. The molecule has 1 aliphatic rings. The van der Waals surface area contributed by atoms with E-state index < -0.39 is 0 Å². The summed E-state index contributed by atoms with van der Waals surface area (Å²) in [5.74, 6) is -0.00522. The van der Waals surface area contributed by atoms with Crippen LogP contribution in [0.25, 0.3) is 6.08 Å². The first-order valence-corrected chi connectivity index (χ1v) is 8.27. The van der Waals surface area contributed by atoms with E-state index in [4.69, 9.17) is 4.74 Å². The van der Waals surface area contributed by atoms with Gasteiger partial charge in [0.15, 0.2) is 0 Å². The fourth-order valence-corrected chi connectivity index (χ4v) is 2.67. The van der Waals surface area contributed by atoms with Crippen LogP contribution in [-0.4, -0.2) is 51.6 Å². The van der Waals surface area contributed by atoms with Gasteiger partial charge in [-0.15, -0.1) is 5.10 Å². The maximum absolute atomic E-state index is 12.3. The third kappa shape index (κ3) is 4.29. The van der Waals surface area contributed by atoms with Gasteiger partial charge in [0.25, 0.3) is 0 Å². The molecule has 0 radical (unpaired) electrons. The summed E-state index contributed by atoms with van der Waals surface area (Å²) in [6.45, 7) is 4.63. The Morgan fingerprint density at radius 2 is 2.21 bits per heavy atom. The molecular formula is C18H22N4O2. The highest BCUT2D eigenvalue weighted by Gasteiger charge is 2.21. The highest BCUT2D eigenvalue weighted by Crippen LogP contribution is 2.09. The molecule has 6 heteroatoms. The lowest BCUT2D eigenvalue weighted by atomic mass is 10.2. The zero-order valence-electron chi connectivity index (χ0n) is 13.8. The summed E-state index contributed by atoms with van der Waals surface area (Å²) in [6, 6.07) is 10.1. The number of aromatic nitrogens is 3. The lowest BCUT2D eigenvalue weighted by Crippen LogP contribution is -2.44. The van der Waals surface area contributed by atoms with E-state index >= 15 is 0 Å². The van der Waals surface area contributed by atoms with Crippen LogP contribution < -0.4 is 0 Å². The van der Waals surface area contributed by atoms with Crippen molar-refractivity contribution >= 4 is 12.0 Å². The number of ether oxygens (including phenoxy) is 1. The van der Waals surface area contributed by atoms with Gasteiger partial charge < -0.3 is 9.64 Å². The van der Waals surface area contributed by atoms with E-state index in [9.17, 15) is 4.79 Å². The van der Waals surface area contributed by atoms with Crippen molar-refractivity contribution < 1.29 is 9.53 Å². The van der Waals surface area contributed by atoms with Crippen LogP contribution in [0, 0.1) is 0 Å². The molecule has 6 nitrogen and oxygen atoms in total. The molecule has 1 saturated heterocycles. The van der Waals surface area contributed by atoms with Crippen LogP contribution in [0.3, 0.4) is 0 Å². The molecule has 1 aliphatic heterocycles. The van der Waals surface area contributed by atoms with Gasteiger partial charge in [-0.1, -0.05) is 42.5 Å². The van der Waals surface area contributed by atoms with Crippen molar-refractivity contribution in [3.8, 4) is 0 Å². The number of carbonyl (C=O) groups excluding carboxylic acids is 1. The smallest absolute Gasteiger partial charge is 0.246 e. The minimum atomic E-state index is -0.00522. The molecule has 1 unspecified atom stereocenters. The summed E-state index contributed by atoms with van der Waals surface area (Å²) in [6.07, 6.45) is 6.18. The maximum atomic E-state index is 12.3. The second kappa shape index (κ2) is 7.88. The van der Waals surface area contributed by atoms with E-state index in [0.29, 0.717) is 31.9 Å². The van der Waals surface area contributed by atoms with Crippen molar-refractivity contribution in [1.82, 2.24) is 19.9 Å². The van der Waals surface area contributed by atoms with Crippen LogP contribution in [-0.2, 0) is 16.1 Å². The Morgan fingerprint density at radius 1 is 1.38 bits per heavy atom. The fraction of sp³-hybridized carbons (Fsp3) is 0.389. The Bertz CT molecular complexity index is 696. The molecule has 0 aliphatic carbocycles. The highest BCUT2D eigenvalue weighted by molar-refractivity contribution is 5.91. The fourth-order valence-electron chi connectivity index (χ4n) is 2.67. The van der Waals surface area contributed by atoms with E-state index in [1.807, 2.05) is 41.4 Å². The number of hydrogen-bond donors (Lipinski definition) is 0. The third-order valence-corrected chi connectivity index (χ3v) is 4.05. The molecule has 0 spiro atoms. The molecular weight excluding hydrogens is 304 g/mol. The average Bonchev–Trinajstić information content (AvgIpc) is 3.08. The Balaban J connectivity index is 1.57. The summed E-state index contributed by atoms with van der Waals surface area (Å²) in [5, 5.41) is 8.19. The number of carbonyl (C=O) groups is 1. The number of hydrogen-bond acceptors (Lipinski definition) is 4. The Hall–Kier alpha value is -2.47. The number of rotatable bonds is 5. The van der Waals surface area contributed by atoms with Crippen molar-refractivity contribution in [1.29, 1.82) is 0 Å². The van der Waals surface area contributed by atoms with E-state index in [1.54, 1.807) is 16.8 Å². The van der Waals surface area contributed by atoms with Crippen LogP contribution in [0.15, 0.2) is 42.6 Å². The quantitative estimate of drug-likeness (QED) is 0.788. The monoisotopic (exact) mass is 326 g/mol. The second-order valence-electron chi connectivity index (χ2n) is 5.85. The van der Waals surface area contributed by atoms with Crippen molar-refractivity contribution in [3.05, 3.63) is 53.9 Å². The van der Waals surface area contributed by atoms with E-state index in [2.05, 4.69) is 17.2 Å². The first-order chi connectivity index (χ1) is 11.7. The van der Waals surface area contributed by atoms with Gasteiger partial charge >= 0.3 is 0 Å². The van der Waals surface area contributed by atoms with E-state index in [0.717, 1.165) is 12.0 Å². The van der Waals surface area contributed by atoms with E-state index in [1.165, 1.54) is 0 Å². The highest BCUT2D eigenvalue weighted by atomic mass is 16.5. The predicted octanol–water partition coefficient (Wildman–Crippen LogP) is 1.98. The molecule has 0 bridgehead atoms. The van der Waals surface area contributed by atoms with Crippen LogP contribution in [0.4, 0.5) is 0 Å². The van der Waals surface area contributed by atoms with Gasteiger partial charge in [-0.3, -0.25) is 4.79 Å². The molecule has 2 aromatic rings.